The molecule has 0 aliphatic heterocycles. The Morgan fingerprint density at radius 2 is 2.08 bits per heavy atom. The van der Waals surface area contributed by atoms with E-state index < -0.39 is 4.92 Å². The predicted octanol–water partition coefficient (Wildman–Crippen LogP) is 3.54. The summed E-state index contributed by atoms with van der Waals surface area (Å²) >= 11 is 0.981. The van der Waals surface area contributed by atoms with Gasteiger partial charge in [-0.2, -0.15) is 4.98 Å². The SMILES string of the molecule is O=[N+]([O-])c1cc2c(NCc3ccc(F)cc3)nc(-n3ccnc3)nc2s1. The smallest absolute Gasteiger partial charge is 0.326 e. The van der Waals surface area contributed by atoms with E-state index in [1.165, 1.54) is 18.2 Å². The van der Waals surface area contributed by atoms with Gasteiger partial charge < -0.3 is 5.32 Å². The van der Waals surface area contributed by atoms with Gasteiger partial charge in [-0.15, -0.1) is 0 Å². The van der Waals surface area contributed by atoms with E-state index in [1.54, 1.807) is 35.4 Å². The molecule has 0 radical (unpaired) electrons. The molecular weight excluding hydrogens is 359 g/mol. The predicted molar refractivity (Wildman–Crippen MR) is 94.9 cm³/mol. The summed E-state index contributed by atoms with van der Waals surface area (Å²) in [7, 11) is 0. The summed E-state index contributed by atoms with van der Waals surface area (Å²) in [6.07, 6.45) is 4.83. The van der Waals surface area contributed by atoms with E-state index in [2.05, 4.69) is 20.3 Å². The van der Waals surface area contributed by atoms with Crippen LogP contribution in [0.3, 0.4) is 0 Å². The van der Waals surface area contributed by atoms with Crippen LogP contribution in [0, 0.1) is 15.9 Å². The van der Waals surface area contributed by atoms with Crippen molar-refractivity contribution in [1.82, 2.24) is 19.5 Å². The van der Waals surface area contributed by atoms with E-state index >= 15 is 0 Å². The number of nitrogens with zero attached hydrogens (tertiary/aromatic N) is 5. The molecule has 1 N–H and O–H groups in total. The van der Waals surface area contributed by atoms with Gasteiger partial charge in [0.05, 0.1) is 10.3 Å². The summed E-state index contributed by atoms with van der Waals surface area (Å²) in [6, 6.07) is 7.52. The maximum absolute atomic E-state index is 13.0. The highest BCUT2D eigenvalue weighted by atomic mass is 32.1. The number of nitrogens with one attached hydrogen (secondary N) is 1. The van der Waals surface area contributed by atoms with Gasteiger partial charge in [-0.1, -0.05) is 12.1 Å². The van der Waals surface area contributed by atoms with Gasteiger partial charge in [-0.25, -0.2) is 14.4 Å². The first-order chi connectivity index (χ1) is 12.6. The van der Waals surface area contributed by atoms with Crippen LogP contribution in [0.25, 0.3) is 16.2 Å². The summed E-state index contributed by atoms with van der Waals surface area (Å²) in [5.41, 5.74) is 0.854. The van der Waals surface area contributed by atoms with Crippen LogP contribution in [0.15, 0.2) is 49.1 Å². The second-order valence-electron chi connectivity index (χ2n) is 5.38. The molecule has 0 aliphatic carbocycles. The Bertz CT molecular complexity index is 1080. The molecule has 0 aliphatic rings. The summed E-state index contributed by atoms with van der Waals surface area (Å²) in [4.78, 5) is 24.0. The number of nitro groups is 1. The van der Waals surface area contributed by atoms with E-state index in [0.717, 1.165) is 16.9 Å². The Balaban J connectivity index is 1.74. The molecule has 8 nitrogen and oxygen atoms in total. The lowest BCUT2D eigenvalue weighted by Gasteiger charge is -2.09. The Kier molecular flexibility index (Phi) is 4.01. The van der Waals surface area contributed by atoms with Crippen LogP contribution in [-0.4, -0.2) is 24.4 Å². The number of anilines is 1. The highest BCUT2D eigenvalue weighted by molar-refractivity contribution is 7.21. The Morgan fingerprint density at radius 1 is 1.27 bits per heavy atom. The van der Waals surface area contributed by atoms with Crippen molar-refractivity contribution >= 4 is 32.4 Å². The minimum Gasteiger partial charge on any atom is -0.365 e. The van der Waals surface area contributed by atoms with Crippen LogP contribution < -0.4 is 5.32 Å². The monoisotopic (exact) mass is 370 g/mol. The number of hydrogen-bond acceptors (Lipinski definition) is 7. The van der Waals surface area contributed by atoms with Crippen LogP contribution >= 0.6 is 11.3 Å². The fourth-order valence-electron chi connectivity index (χ4n) is 2.40. The van der Waals surface area contributed by atoms with E-state index in [0.29, 0.717) is 28.5 Å². The van der Waals surface area contributed by atoms with Crippen LogP contribution in [0.2, 0.25) is 0 Å². The molecule has 130 valence electrons. The third kappa shape index (κ3) is 3.09. The third-order valence-electron chi connectivity index (χ3n) is 3.66. The molecule has 0 saturated heterocycles. The maximum atomic E-state index is 13.0. The highest BCUT2D eigenvalue weighted by Crippen LogP contribution is 2.34. The zero-order chi connectivity index (χ0) is 18.1. The fourth-order valence-corrected chi connectivity index (χ4v) is 3.25. The van der Waals surface area contributed by atoms with Crippen LogP contribution in [0.1, 0.15) is 5.56 Å². The van der Waals surface area contributed by atoms with E-state index in [4.69, 9.17) is 0 Å². The number of fused-ring (bicyclic) bond motifs is 1. The molecule has 3 heterocycles. The van der Waals surface area contributed by atoms with E-state index in [-0.39, 0.29) is 10.8 Å². The van der Waals surface area contributed by atoms with E-state index in [9.17, 15) is 14.5 Å². The molecule has 0 fully saturated rings. The van der Waals surface area contributed by atoms with Crippen molar-refractivity contribution in [3.05, 3.63) is 70.5 Å². The Hall–Kier alpha value is -3.40. The first-order valence-electron chi connectivity index (χ1n) is 7.53. The number of aromatic nitrogens is 4. The molecule has 1 aromatic carbocycles. The van der Waals surface area contributed by atoms with Gasteiger partial charge in [0, 0.05) is 25.0 Å². The van der Waals surface area contributed by atoms with Crippen molar-refractivity contribution in [1.29, 1.82) is 0 Å². The van der Waals surface area contributed by atoms with Crippen molar-refractivity contribution in [2.75, 3.05) is 5.32 Å². The van der Waals surface area contributed by atoms with Gasteiger partial charge in [0.25, 0.3) is 0 Å². The Morgan fingerprint density at radius 3 is 2.77 bits per heavy atom. The fraction of sp³-hybridized carbons (Fsp3) is 0.0625. The average molecular weight is 370 g/mol. The van der Waals surface area contributed by atoms with Crippen molar-refractivity contribution in [3.63, 3.8) is 0 Å². The molecule has 0 atom stereocenters. The van der Waals surface area contributed by atoms with Crippen LogP contribution in [0.5, 0.6) is 0 Å². The molecule has 26 heavy (non-hydrogen) atoms. The summed E-state index contributed by atoms with van der Waals surface area (Å²) in [6.45, 7) is 0.388. The molecule has 0 unspecified atom stereocenters. The molecule has 3 aromatic heterocycles. The molecule has 0 spiro atoms. The minimum absolute atomic E-state index is 0.0121. The highest BCUT2D eigenvalue weighted by Gasteiger charge is 2.18. The summed E-state index contributed by atoms with van der Waals surface area (Å²) < 4.78 is 14.7. The molecule has 4 aromatic rings. The second kappa shape index (κ2) is 6.48. The lowest BCUT2D eigenvalue weighted by molar-refractivity contribution is -0.380. The number of rotatable bonds is 5. The quantitative estimate of drug-likeness (QED) is 0.426. The van der Waals surface area contributed by atoms with Gasteiger partial charge in [0.15, 0.2) is 0 Å². The van der Waals surface area contributed by atoms with Crippen molar-refractivity contribution < 1.29 is 9.31 Å². The number of halogens is 1. The molecule has 0 saturated carbocycles. The molecule has 4 rings (SSSR count). The summed E-state index contributed by atoms with van der Waals surface area (Å²) in [5.74, 6) is 0.509. The van der Waals surface area contributed by atoms with Gasteiger partial charge in [-0.3, -0.25) is 14.7 Å². The maximum Gasteiger partial charge on any atom is 0.326 e. The molecule has 0 bridgehead atoms. The minimum atomic E-state index is -0.451. The second-order valence-corrected chi connectivity index (χ2v) is 6.39. The zero-order valence-corrected chi connectivity index (χ0v) is 14.0. The van der Waals surface area contributed by atoms with Gasteiger partial charge in [-0.05, 0) is 29.0 Å². The van der Waals surface area contributed by atoms with E-state index in [1.807, 2.05) is 0 Å². The van der Waals surface area contributed by atoms with Gasteiger partial charge >= 0.3 is 5.00 Å². The largest absolute Gasteiger partial charge is 0.365 e. The molecule has 0 amide bonds. The topological polar surface area (TPSA) is 98.8 Å². The van der Waals surface area contributed by atoms with Crippen molar-refractivity contribution in [3.8, 4) is 5.95 Å². The van der Waals surface area contributed by atoms with Crippen LogP contribution in [-0.2, 0) is 6.54 Å². The number of benzene rings is 1. The Labute approximate surface area is 150 Å². The van der Waals surface area contributed by atoms with Gasteiger partial charge in [0.1, 0.15) is 22.8 Å². The first kappa shape index (κ1) is 16.1. The zero-order valence-electron chi connectivity index (χ0n) is 13.2. The van der Waals surface area contributed by atoms with Crippen molar-refractivity contribution in [2.45, 2.75) is 6.54 Å². The number of thiophene rings is 1. The summed E-state index contributed by atoms with van der Waals surface area (Å²) in [5, 5.41) is 14.8. The standard InChI is InChI=1S/C16H11FN6O2S/c17-11-3-1-10(2-4-11)8-19-14-12-7-13(23(24)25)26-15(12)21-16(20-14)22-6-5-18-9-22/h1-7,9H,8H2,(H,19,20,21). The lowest BCUT2D eigenvalue weighted by atomic mass is 10.2. The average Bonchev–Trinajstić information content (AvgIpc) is 3.30. The first-order valence-corrected chi connectivity index (χ1v) is 8.34. The van der Waals surface area contributed by atoms with Crippen molar-refractivity contribution in [2.24, 2.45) is 0 Å². The third-order valence-corrected chi connectivity index (χ3v) is 4.64. The van der Waals surface area contributed by atoms with Gasteiger partial charge in [0.2, 0.25) is 5.95 Å². The lowest BCUT2D eigenvalue weighted by Crippen LogP contribution is -2.06. The number of hydrogen-bond donors (Lipinski definition) is 1. The number of imidazole rings is 1. The molecule has 10 heteroatoms. The van der Waals surface area contributed by atoms with Crippen LogP contribution in [0.4, 0.5) is 15.2 Å². The normalized spacial score (nSPS) is 11.0. The molecular formula is C16H11FN6O2S.